The number of piperidine rings is 1. The van der Waals surface area contributed by atoms with Gasteiger partial charge < -0.3 is 25.9 Å². The van der Waals surface area contributed by atoms with Gasteiger partial charge in [0.05, 0.1) is 27.6 Å². The minimum atomic E-state index is -0.482. The van der Waals surface area contributed by atoms with Crippen LogP contribution >= 0.6 is 0 Å². The zero-order valence-electron chi connectivity index (χ0n) is 16.6. The average Bonchev–Trinajstić information content (AvgIpc) is 3.16. The molecule has 1 fully saturated rings. The Hall–Kier alpha value is -3.39. The Kier molecular flexibility index (Phi) is 4.43. The molecule has 0 radical (unpaired) electrons. The molecule has 154 valence electrons. The van der Waals surface area contributed by atoms with Crippen molar-refractivity contribution >= 4 is 33.3 Å². The Morgan fingerprint density at radius 1 is 1.13 bits per heavy atom. The summed E-state index contributed by atoms with van der Waals surface area (Å²) in [6, 6.07) is 10.9. The maximum Gasteiger partial charge on any atom is 0.261 e. The summed E-state index contributed by atoms with van der Waals surface area (Å²) in [4.78, 5) is 25.4. The lowest BCUT2D eigenvalue weighted by molar-refractivity contribution is 0.443. The molecule has 5 N–H and O–H groups in total. The minimum Gasteiger partial charge on any atom is -0.397 e. The van der Waals surface area contributed by atoms with Crippen LogP contribution < -0.4 is 21.5 Å². The second-order valence-electron chi connectivity index (χ2n) is 7.78. The largest absolute Gasteiger partial charge is 0.397 e. The third-order valence-corrected chi connectivity index (χ3v) is 5.99. The van der Waals surface area contributed by atoms with Crippen molar-refractivity contribution in [3.8, 4) is 11.4 Å². The molecule has 1 aliphatic heterocycles. The van der Waals surface area contributed by atoms with Gasteiger partial charge >= 0.3 is 0 Å². The number of fused-ring (bicyclic) bond motifs is 2. The number of aromatic nitrogens is 3. The van der Waals surface area contributed by atoms with Crippen molar-refractivity contribution < 1.29 is 4.39 Å². The van der Waals surface area contributed by atoms with Crippen LogP contribution in [0.2, 0.25) is 0 Å². The number of nitrogens with one attached hydrogen (secondary N) is 3. The molecule has 0 atom stereocenters. The Bertz CT molecular complexity index is 1300. The van der Waals surface area contributed by atoms with Crippen molar-refractivity contribution in [3.05, 3.63) is 52.6 Å². The van der Waals surface area contributed by atoms with E-state index in [9.17, 15) is 9.18 Å². The molecule has 0 bridgehead atoms. The topological polar surface area (TPSA) is 103 Å². The fourth-order valence-corrected chi connectivity index (χ4v) is 4.31. The van der Waals surface area contributed by atoms with Crippen LogP contribution in [0, 0.1) is 5.82 Å². The van der Waals surface area contributed by atoms with Crippen LogP contribution in [0.25, 0.3) is 33.3 Å². The predicted octanol–water partition coefficient (Wildman–Crippen LogP) is 2.98. The lowest BCUT2D eigenvalue weighted by atomic mass is 10.0. The summed E-state index contributed by atoms with van der Waals surface area (Å²) in [5.74, 6) is -0.153. The van der Waals surface area contributed by atoms with E-state index in [2.05, 4.69) is 32.2 Å². The van der Waals surface area contributed by atoms with Gasteiger partial charge in [-0.15, -0.1) is 0 Å². The SMILES string of the molecule is CN(c1ccc2nc(-c3c(N)c4c(F)cccc4[nH]c3=O)[nH]c2c1)C1CCNCC1. The smallest absolute Gasteiger partial charge is 0.261 e. The highest BCUT2D eigenvalue weighted by Crippen LogP contribution is 2.31. The van der Waals surface area contributed by atoms with Crippen LogP contribution in [-0.4, -0.2) is 41.1 Å². The summed E-state index contributed by atoms with van der Waals surface area (Å²) >= 11 is 0. The van der Waals surface area contributed by atoms with Crippen LogP contribution in [0.5, 0.6) is 0 Å². The van der Waals surface area contributed by atoms with E-state index in [0.29, 0.717) is 17.4 Å². The Morgan fingerprint density at radius 2 is 1.93 bits per heavy atom. The van der Waals surface area contributed by atoms with E-state index < -0.39 is 11.4 Å². The number of hydrogen-bond acceptors (Lipinski definition) is 5. The average molecular weight is 406 g/mol. The maximum atomic E-state index is 14.4. The first-order valence-corrected chi connectivity index (χ1v) is 10.1. The van der Waals surface area contributed by atoms with Gasteiger partial charge in [-0.05, 0) is 56.3 Å². The normalized spacial score (nSPS) is 15.1. The van der Waals surface area contributed by atoms with Crippen LogP contribution in [0.3, 0.4) is 0 Å². The summed E-state index contributed by atoms with van der Waals surface area (Å²) in [5, 5.41) is 3.58. The molecule has 0 aliphatic carbocycles. The molecule has 0 unspecified atom stereocenters. The van der Waals surface area contributed by atoms with Crippen LogP contribution in [0.1, 0.15) is 12.8 Å². The van der Waals surface area contributed by atoms with E-state index in [-0.39, 0.29) is 16.6 Å². The number of aromatic amines is 2. The number of rotatable bonds is 3. The van der Waals surface area contributed by atoms with E-state index in [4.69, 9.17) is 5.73 Å². The van der Waals surface area contributed by atoms with E-state index in [1.807, 2.05) is 18.2 Å². The molecule has 0 saturated carbocycles. The highest BCUT2D eigenvalue weighted by molar-refractivity contribution is 5.98. The molecule has 1 aliphatic rings. The Balaban J connectivity index is 1.59. The molecule has 5 rings (SSSR count). The van der Waals surface area contributed by atoms with Gasteiger partial charge in [0.2, 0.25) is 0 Å². The van der Waals surface area contributed by atoms with Crippen LogP contribution in [0.15, 0.2) is 41.2 Å². The molecule has 2 aromatic carbocycles. The second kappa shape index (κ2) is 7.14. The van der Waals surface area contributed by atoms with E-state index in [1.165, 1.54) is 12.1 Å². The first-order chi connectivity index (χ1) is 14.5. The molecule has 4 aromatic rings. The van der Waals surface area contributed by atoms with Gasteiger partial charge in [0, 0.05) is 18.8 Å². The highest BCUT2D eigenvalue weighted by Gasteiger charge is 2.20. The number of imidazole rings is 1. The van der Waals surface area contributed by atoms with Gasteiger partial charge in [0.1, 0.15) is 17.2 Å². The Labute approximate surface area is 172 Å². The van der Waals surface area contributed by atoms with Crippen molar-refractivity contribution in [2.75, 3.05) is 30.8 Å². The zero-order chi connectivity index (χ0) is 20.8. The second-order valence-corrected chi connectivity index (χ2v) is 7.78. The number of anilines is 2. The fraction of sp³-hybridized carbons (Fsp3) is 0.273. The number of hydrogen-bond donors (Lipinski definition) is 4. The highest BCUT2D eigenvalue weighted by atomic mass is 19.1. The number of nitrogen functional groups attached to an aromatic ring is 1. The van der Waals surface area contributed by atoms with Crippen LogP contribution in [-0.2, 0) is 0 Å². The third-order valence-electron chi connectivity index (χ3n) is 5.99. The molecular weight excluding hydrogens is 383 g/mol. The van der Waals surface area contributed by atoms with Crippen molar-refractivity contribution in [1.82, 2.24) is 20.3 Å². The molecule has 0 spiro atoms. The number of nitrogens with zero attached hydrogens (tertiary/aromatic N) is 2. The van der Waals surface area contributed by atoms with Gasteiger partial charge in [0.15, 0.2) is 0 Å². The number of nitrogens with two attached hydrogens (primary N) is 1. The molecule has 1 saturated heterocycles. The van der Waals surface area contributed by atoms with Crippen molar-refractivity contribution in [2.24, 2.45) is 0 Å². The number of pyridine rings is 1. The number of H-pyrrole nitrogens is 2. The predicted molar refractivity (Wildman–Crippen MR) is 118 cm³/mol. The third kappa shape index (κ3) is 3.00. The van der Waals surface area contributed by atoms with Gasteiger partial charge in [-0.3, -0.25) is 4.79 Å². The Morgan fingerprint density at radius 3 is 2.73 bits per heavy atom. The maximum absolute atomic E-state index is 14.4. The molecule has 30 heavy (non-hydrogen) atoms. The van der Waals surface area contributed by atoms with Crippen molar-refractivity contribution in [2.45, 2.75) is 18.9 Å². The summed E-state index contributed by atoms with van der Waals surface area (Å²) in [7, 11) is 2.10. The summed E-state index contributed by atoms with van der Waals surface area (Å²) in [6.45, 7) is 2.04. The molecule has 3 heterocycles. The minimum absolute atomic E-state index is 0.0814. The lowest BCUT2D eigenvalue weighted by Crippen LogP contribution is -2.41. The summed E-state index contributed by atoms with van der Waals surface area (Å²) < 4.78 is 14.4. The summed E-state index contributed by atoms with van der Waals surface area (Å²) in [5.41, 5.74) is 9.01. The van der Waals surface area contributed by atoms with Gasteiger partial charge in [-0.1, -0.05) is 6.07 Å². The first-order valence-electron chi connectivity index (χ1n) is 10.1. The van der Waals surface area contributed by atoms with Gasteiger partial charge in [0.25, 0.3) is 5.56 Å². The van der Waals surface area contributed by atoms with E-state index in [1.54, 1.807) is 6.07 Å². The number of halogens is 1. The number of benzene rings is 2. The van der Waals surface area contributed by atoms with Gasteiger partial charge in [-0.25, -0.2) is 9.37 Å². The molecule has 2 aromatic heterocycles. The molecule has 0 amide bonds. The van der Waals surface area contributed by atoms with Crippen molar-refractivity contribution in [1.29, 1.82) is 0 Å². The van der Waals surface area contributed by atoms with E-state index >= 15 is 0 Å². The van der Waals surface area contributed by atoms with E-state index in [0.717, 1.165) is 42.7 Å². The fourth-order valence-electron chi connectivity index (χ4n) is 4.31. The molecular formula is C22H23FN6O. The first kappa shape index (κ1) is 18.6. The van der Waals surface area contributed by atoms with Crippen LogP contribution in [0.4, 0.5) is 15.8 Å². The van der Waals surface area contributed by atoms with Crippen molar-refractivity contribution in [3.63, 3.8) is 0 Å². The van der Waals surface area contributed by atoms with Gasteiger partial charge in [-0.2, -0.15) is 0 Å². The molecule has 7 nitrogen and oxygen atoms in total. The lowest BCUT2D eigenvalue weighted by Gasteiger charge is -2.33. The monoisotopic (exact) mass is 406 g/mol. The molecule has 8 heteroatoms. The quantitative estimate of drug-likeness (QED) is 0.419. The summed E-state index contributed by atoms with van der Waals surface area (Å²) in [6.07, 6.45) is 2.19. The standard InChI is InChI=1S/C22H23FN6O/c1-29(12-7-9-25-10-8-12)13-5-6-15-17(11-13)27-21(26-15)19-20(24)18-14(23)3-2-4-16(18)28-22(19)30/h2-6,11-12,25H,7-10H2,1H3,(H,26,27)(H3,24,28,30). The zero-order valence-corrected chi connectivity index (χ0v) is 16.6.